The molecule has 1 unspecified atom stereocenters. The number of nitrogens with two attached hydrogens (primary N) is 1. The Morgan fingerprint density at radius 3 is 2.88 bits per heavy atom. The van der Waals surface area contributed by atoms with Crippen LogP contribution in [-0.4, -0.2) is 43.7 Å². The summed E-state index contributed by atoms with van der Waals surface area (Å²) in [6.45, 7) is 1.19. The summed E-state index contributed by atoms with van der Waals surface area (Å²) in [5, 5.41) is 0. The van der Waals surface area contributed by atoms with Gasteiger partial charge in [0, 0.05) is 20.1 Å². The number of benzene rings is 1. The molecule has 1 atom stereocenters. The van der Waals surface area contributed by atoms with E-state index >= 15 is 0 Å². The number of amides is 1. The number of nitrogens with zero attached hydrogens (tertiary/aromatic N) is 1. The van der Waals surface area contributed by atoms with Gasteiger partial charge in [-0.2, -0.15) is 0 Å². The SMILES string of the molecule is CN(CCN)C(=O)C1COc2ccccc2O1. The van der Waals surface area contributed by atoms with Crippen molar-refractivity contribution < 1.29 is 14.3 Å². The molecule has 2 rings (SSSR count). The van der Waals surface area contributed by atoms with Crippen LogP contribution in [0.3, 0.4) is 0 Å². The molecular formula is C12H16N2O3. The number of para-hydroxylation sites is 2. The second-order valence-electron chi connectivity index (χ2n) is 3.91. The molecule has 1 aliphatic heterocycles. The van der Waals surface area contributed by atoms with Crippen LogP contribution in [0, 0.1) is 0 Å². The van der Waals surface area contributed by atoms with Gasteiger partial charge in [0.1, 0.15) is 6.61 Å². The van der Waals surface area contributed by atoms with E-state index in [0.717, 1.165) is 0 Å². The molecule has 0 saturated heterocycles. The van der Waals surface area contributed by atoms with Crippen LogP contribution >= 0.6 is 0 Å². The van der Waals surface area contributed by atoms with Crippen LogP contribution in [0.2, 0.25) is 0 Å². The van der Waals surface area contributed by atoms with Gasteiger partial charge in [0.15, 0.2) is 11.5 Å². The molecule has 0 aliphatic carbocycles. The average molecular weight is 236 g/mol. The normalized spacial score (nSPS) is 17.6. The largest absolute Gasteiger partial charge is 0.485 e. The minimum atomic E-state index is -0.582. The molecule has 0 saturated carbocycles. The Kier molecular flexibility index (Phi) is 3.49. The van der Waals surface area contributed by atoms with Gasteiger partial charge in [-0.05, 0) is 12.1 Å². The van der Waals surface area contributed by atoms with Crippen molar-refractivity contribution >= 4 is 5.91 Å². The highest BCUT2D eigenvalue weighted by Crippen LogP contribution is 2.31. The van der Waals surface area contributed by atoms with Gasteiger partial charge in [-0.25, -0.2) is 0 Å². The van der Waals surface area contributed by atoms with Crippen molar-refractivity contribution in [3.8, 4) is 11.5 Å². The Balaban J connectivity index is 2.05. The summed E-state index contributed by atoms with van der Waals surface area (Å²) in [6, 6.07) is 7.32. The van der Waals surface area contributed by atoms with Gasteiger partial charge < -0.3 is 20.1 Å². The van der Waals surface area contributed by atoms with E-state index in [1.165, 1.54) is 0 Å². The lowest BCUT2D eigenvalue weighted by Gasteiger charge is -2.28. The van der Waals surface area contributed by atoms with Crippen molar-refractivity contribution in [1.29, 1.82) is 0 Å². The monoisotopic (exact) mass is 236 g/mol. The van der Waals surface area contributed by atoms with Gasteiger partial charge in [0.2, 0.25) is 6.10 Å². The van der Waals surface area contributed by atoms with Crippen LogP contribution in [0.25, 0.3) is 0 Å². The Bertz CT molecular complexity index is 408. The predicted molar refractivity (Wildman–Crippen MR) is 63.0 cm³/mol. The molecule has 0 fully saturated rings. The Labute approximate surface area is 100 Å². The van der Waals surface area contributed by atoms with E-state index in [-0.39, 0.29) is 12.5 Å². The fourth-order valence-corrected chi connectivity index (χ4v) is 1.69. The molecule has 0 bridgehead atoms. The third-order valence-corrected chi connectivity index (χ3v) is 2.62. The van der Waals surface area contributed by atoms with Crippen molar-refractivity contribution in [2.24, 2.45) is 5.73 Å². The lowest BCUT2D eigenvalue weighted by molar-refractivity contribution is -0.139. The van der Waals surface area contributed by atoms with E-state index in [2.05, 4.69) is 0 Å². The van der Waals surface area contributed by atoms with Gasteiger partial charge >= 0.3 is 0 Å². The summed E-state index contributed by atoms with van der Waals surface area (Å²) >= 11 is 0. The van der Waals surface area contributed by atoms with Crippen molar-refractivity contribution in [3.63, 3.8) is 0 Å². The predicted octanol–water partition coefficient (Wildman–Crippen LogP) is 0.244. The third kappa shape index (κ3) is 2.50. The lowest BCUT2D eigenvalue weighted by atomic mass is 10.2. The number of fused-ring (bicyclic) bond motifs is 1. The van der Waals surface area contributed by atoms with Crippen LogP contribution in [0.15, 0.2) is 24.3 Å². The molecule has 1 heterocycles. The highest BCUT2D eigenvalue weighted by atomic mass is 16.6. The van der Waals surface area contributed by atoms with Crippen LogP contribution < -0.4 is 15.2 Å². The fraction of sp³-hybridized carbons (Fsp3) is 0.417. The summed E-state index contributed by atoms with van der Waals surface area (Å²) in [5.41, 5.74) is 5.41. The molecule has 92 valence electrons. The maximum Gasteiger partial charge on any atom is 0.267 e. The first-order valence-corrected chi connectivity index (χ1v) is 5.56. The second kappa shape index (κ2) is 5.05. The number of likely N-dealkylation sites (N-methyl/N-ethyl adjacent to an activating group) is 1. The summed E-state index contributed by atoms with van der Waals surface area (Å²) < 4.78 is 11.1. The van der Waals surface area contributed by atoms with Gasteiger partial charge in [-0.1, -0.05) is 12.1 Å². The zero-order valence-corrected chi connectivity index (χ0v) is 9.76. The van der Waals surface area contributed by atoms with Gasteiger partial charge in [0.05, 0.1) is 0 Å². The molecule has 1 aliphatic rings. The maximum atomic E-state index is 12.0. The van der Waals surface area contributed by atoms with E-state index in [4.69, 9.17) is 15.2 Å². The Morgan fingerprint density at radius 2 is 2.18 bits per heavy atom. The molecule has 5 nitrogen and oxygen atoms in total. The quantitative estimate of drug-likeness (QED) is 0.816. The van der Waals surface area contributed by atoms with Crippen LogP contribution in [0.4, 0.5) is 0 Å². The average Bonchev–Trinajstić information content (AvgIpc) is 2.37. The molecule has 1 aromatic rings. The topological polar surface area (TPSA) is 64.8 Å². The number of hydrogen-bond donors (Lipinski definition) is 1. The Hall–Kier alpha value is -1.75. The summed E-state index contributed by atoms with van der Waals surface area (Å²) in [6.07, 6.45) is -0.582. The number of carbonyl (C=O) groups excluding carboxylic acids is 1. The van der Waals surface area contributed by atoms with Crippen molar-refractivity contribution in [1.82, 2.24) is 4.90 Å². The highest BCUT2D eigenvalue weighted by molar-refractivity contribution is 5.81. The molecule has 0 radical (unpaired) electrons. The molecule has 5 heteroatoms. The molecule has 0 spiro atoms. The summed E-state index contributed by atoms with van der Waals surface area (Å²) in [7, 11) is 1.71. The molecular weight excluding hydrogens is 220 g/mol. The summed E-state index contributed by atoms with van der Waals surface area (Å²) in [4.78, 5) is 13.5. The van der Waals surface area contributed by atoms with Gasteiger partial charge in [-0.3, -0.25) is 4.79 Å². The smallest absolute Gasteiger partial charge is 0.267 e. The summed E-state index contributed by atoms with van der Waals surface area (Å²) in [5.74, 6) is 1.18. The number of rotatable bonds is 3. The molecule has 17 heavy (non-hydrogen) atoms. The van der Waals surface area contributed by atoms with Gasteiger partial charge in [-0.15, -0.1) is 0 Å². The standard InChI is InChI=1S/C12H16N2O3/c1-14(7-6-13)12(15)11-8-16-9-4-2-3-5-10(9)17-11/h2-5,11H,6-8,13H2,1H3. The van der Waals surface area contributed by atoms with Crippen molar-refractivity contribution in [2.75, 3.05) is 26.7 Å². The zero-order chi connectivity index (χ0) is 12.3. The lowest BCUT2D eigenvalue weighted by Crippen LogP contribution is -2.46. The fourth-order valence-electron chi connectivity index (χ4n) is 1.69. The minimum absolute atomic E-state index is 0.107. The van der Waals surface area contributed by atoms with Crippen LogP contribution in [0.5, 0.6) is 11.5 Å². The van der Waals surface area contributed by atoms with E-state index < -0.39 is 6.10 Å². The number of ether oxygens (including phenoxy) is 2. The highest BCUT2D eigenvalue weighted by Gasteiger charge is 2.29. The van der Waals surface area contributed by atoms with Crippen molar-refractivity contribution in [2.45, 2.75) is 6.10 Å². The Morgan fingerprint density at radius 1 is 1.47 bits per heavy atom. The first kappa shape index (κ1) is 11.7. The number of carbonyl (C=O) groups is 1. The van der Waals surface area contributed by atoms with Gasteiger partial charge in [0.25, 0.3) is 5.91 Å². The molecule has 1 aromatic carbocycles. The first-order chi connectivity index (χ1) is 8.22. The molecule has 0 aromatic heterocycles. The van der Waals surface area contributed by atoms with E-state index in [9.17, 15) is 4.79 Å². The van der Waals surface area contributed by atoms with E-state index in [1.807, 2.05) is 18.2 Å². The zero-order valence-electron chi connectivity index (χ0n) is 9.76. The molecule has 1 amide bonds. The number of hydrogen-bond acceptors (Lipinski definition) is 4. The maximum absolute atomic E-state index is 12.0. The van der Waals surface area contributed by atoms with Crippen molar-refractivity contribution in [3.05, 3.63) is 24.3 Å². The van der Waals surface area contributed by atoms with Crippen LogP contribution in [0.1, 0.15) is 0 Å². The second-order valence-corrected chi connectivity index (χ2v) is 3.91. The molecule has 2 N–H and O–H groups in total. The minimum Gasteiger partial charge on any atom is -0.485 e. The van der Waals surface area contributed by atoms with E-state index in [0.29, 0.717) is 24.6 Å². The van der Waals surface area contributed by atoms with Crippen LogP contribution in [-0.2, 0) is 4.79 Å². The first-order valence-electron chi connectivity index (χ1n) is 5.56. The van der Waals surface area contributed by atoms with E-state index in [1.54, 1.807) is 18.0 Å². The third-order valence-electron chi connectivity index (χ3n) is 2.62.